The molecule has 0 N–H and O–H groups in total. The number of carbonyl (C=O) groups excluding carboxylic acids is 1. The zero-order valence-corrected chi connectivity index (χ0v) is 21.4. The van der Waals surface area contributed by atoms with Crippen molar-refractivity contribution in [3.05, 3.63) is 68.6 Å². The van der Waals surface area contributed by atoms with Crippen LogP contribution in [0.25, 0.3) is 11.0 Å². The second-order valence-electron chi connectivity index (χ2n) is 9.59. The van der Waals surface area contributed by atoms with Gasteiger partial charge in [-0.15, -0.1) is 0 Å². The van der Waals surface area contributed by atoms with Crippen LogP contribution in [0.3, 0.4) is 0 Å². The quantitative estimate of drug-likeness (QED) is 0.424. The Bertz CT molecular complexity index is 1350. The SMILES string of the molecule is CCCOc1ccc(C2c3c(oc4cc(C)c(C)cc4c3=O)C(=O)N2CC2CCCO2)cc1OCC. The van der Waals surface area contributed by atoms with Crippen LogP contribution in [0.4, 0.5) is 0 Å². The summed E-state index contributed by atoms with van der Waals surface area (Å²) >= 11 is 0. The van der Waals surface area contributed by atoms with E-state index in [9.17, 15) is 9.59 Å². The summed E-state index contributed by atoms with van der Waals surface area (Å²) in [6.07, 6.45) is 2.64. The Balaban J connectivity index is 1.67. The van der Waals surface area contributed by atoms with Gasteiger partial charge in [-0.1, -0.05) is 13.0 Å². The highest BCUT2D eigenvalue weighted by Crippen LogP contribution is 2.41. The lowest BCUT2D eigenvalue weighted by atomic mass is 9.97. The number of carbonyl (C=O) groups is 1. The molecule has 2 aliphatic heterocycles. The highest BCUT2D eigenvalue weighted by atomic mass is 16.5. The summed E-state index contributed by atoms with van der Waals surface area (Å²) in [7, 11) is 0. The Morgan fingerprint density at radius 2 is 1.83 bits per heavy atom. The molecule has 0 saturated carbocycles. The van der Waals surface area contributed by atoms with Crippen molar-refractivity contribution in [3.8, 4) is 11.5 Å². The third kappa shape index (κ3) is 4.26. The smallest absolute Gasteiger partial charge is 0.291 e. The van der Waals surface area contributed by atoms with E-state index in [0.717, 1.165) is 36.0 Å². The fraction of sp³-hybridized carbons (Fsp3) is 0.448. The van der Waals surface area contributed by atoms with Crippen LogP contribution in [0.15, 0.2) is 39.5 Å². The summed E-state index contributed by atoms with van der Waals surface area (Å²) in [6.45, 7) is 10.0. The predicted octanol–water partition coefficient (Wildman–Crippen LogP) is 5.32. The molecule has 2 atom stereocenters. The molecule has 2 unspecified atom stereocenters. The van der Waals surface area contributed by atoms with E-state index in [1.54, 1.807) is 4.90 Å². The van der Waals surface area contributed by atoms with Gasteiger partial charge < -0.3 is 23.5 Å². The molecular formula is C29H33NO6. The third-order valence-corrected chi connectivity index (χ3v) is 7.05. The molecule has 0 spiro atoms. The first-order valence-electron chi connectivity index (χ1n) is 12.8. The molecule has 2 aromatic carbocycles. The molecule has 3 heterocycles. The van der Waals surface area contributed by atoms with E-state index in [1.807, 2.05) is 58.0 Å². The summed E-state index contributed by atoms with van der Waals surface area (Å²) in [5.41, 5.74) is 3.43. The summed E-state index contributed by atoms with van der Waals surface area (Å²) in [5, 5.41) is 0.488. The first-order chi connectivity index (χ1) is 17.4. The minimum absolute atomic E-state index is 0.0710. The summed E-state index contributed by atoms with van der Waals surface area (Å²) in [4.78, 5) is 29.3. The second kappa shape index (κ2) is 9.97. The Morgan fingerprint density at radius 3 is 2.56 bits per heavy atom. The standard InChI is InChI=1S/C29H33NO6/c1-5-11-35-22-10-9-19(15-24(22)33-6-2)26-25-27(31)21-13-17(3)18(4)14-23(21)36-28(25)29(32)30(26)16-20-8-7-12-34-20/h9-10,13-15,20,26H,5-8,11-12,16H2,1-4H3. The highest BCUT2D eigenvalue weighted by Gasteiger charge is 2.44. The molecule has 1 aromatic heterocycles. The number of fused-ring (bicyclic) bond motifs is 2. The van der Waals surface area contributed by atoms with E-state index in [4.69, 9.17) is 18.6 Å². The van der Waals surface area contributed by atoms with Crippen molar-refractivity contribution >= 4 is 16.9 Å². The largest absolute Gasteiger partial charge is 0.490 e. The maximum atomic E-state index is 13.9. The van der Waals surface area contributed by atoms with Gasteiger partial charge in [0, 0.05) is 13.2 Å². The van der Waals surface area contributed by atoms with Crippen LogP contribution in [-0.2, 0) is 4.74 Å². The first-order valence-corrected chi connectivity index (χ1v) is 12.8. The minimum atomic E-state index is -0.599. The number of benzene rings is 2. The minimum Gasteiger partial charge on any atom is -0.490 e. The number of aryl methyl sites for hydroxylation is 2. The predicted molar refractivity (Wildman–Crippen MR) is 137 cm³/mol. The highest BCUT2D eigenvalue weighted by molar-refractivity contribution is 5.99. The maximum absolute atomic E-state index is 13.9. The molecule has 2 aliphatic rings. The van der Waals surface area contributed by atoms with Gasteiger partial charge in [0.25, 0.3) is 5.91 Å². The zero-order chi connectivity index (χ0) is 25.4. The summed E-state index contributed by atoms with van der Waals surface area (Å²) < 4.78 is 23.8. The van der Waals surface area contributed by atoms with Gasteiger partial charge in [-0.05, 0) is 81.0 Å². The van der Waals surface area contributed by atoms with Crippen LogP contribution in [0.1, 0.15) is 72.0 Å². The number of nitrogens with zero attached hydrogens (tertiary/aromatic N) is 1. The normalized spacial score (nSPS) is 19.2. The molecule has 190 valence electrons. The van der Waals surface area contributed by atoms with E-state index >= 15 is 0 Å². The van der Waals surface area contributed by atoms with Gasteiger partial charge in [0.15, 0.2) is 16.9 Å². The average molecular weight is 492 g/mol. The van der Waals surface area contributed by atoms with E-state index < -0.39 is 6.04 Å². The van der Waals surface area contributed by atoms with Gasteiger partial charge in [-0.25, -0.2) is 0 Å². The summed E-state index contributed by atoms with van der Waals surface area (Å²) in [5.74, 6) is 1.07. The number of hydrogen-bond acceptors (Lipinski definition) is 6. The molecule has 7 nitrogen and oxygen atoms in total. The molecule has 36 heavy (non-hydrogen) atoms. The molecule has 5 rings (SSSR count). The van der Waals surface area contributed by atoms with Crippen molar-refractivity contribution in [2.75, 3.05) is 26.4 Å². The van der Waals surface area contributed by atoms with Crippen LogP contribution in [0.5, 0.6) is 11.5 Å². The van der Waals surface area contributed by atoms with E-state index in [1.165, 1.54) is 0 Å². The zero-order valence-electron chi connectivity index (χ0n) is 21.4. The van der Waals surface area contributed by atoms with Crippen molar-refractivity contribution < 1.29 is 23.4 Å². The Morgan fingerprint density at radius 1 is 1.03 bits per heavy atom. The van der Waals surface area contributed by atoms with Crippen molar-refractivity contribution in [1.82, 2.24) is 4.90 Å². The van der Waals surface area contributed by atoms with Crippen molar-refractivity contribution in [1.29, 1.82) is 0 Å². The lowest BCUT2D eigenvalue weighted by Crippen LogP contribution is -2.36. The Labute approximate surface area is 210 Å². The molecule has 0 radical (unpaired) electrons. The first kappa shape index (κ1) is 24.4. The van der Waals surface area contributed by atoms with Gasteiger partial charge >= 0.3 is 0 Å². The molecule has 1 saturated heterocycles. The Hall–Kier alpha value is -3.32. The van der Waals surface area contributed by atoms with Gasteiger partial charge in [0.05, 0.1) is 36.3 Å². The average Bonchev–Trinajstić information content (AvgIpc) is 3.47. The fourth-order valence-corrected chi connectivity index (χ4v) is 5.11. The molecule has 0 aliphatic carbocycles. The monoisotopic (exact) mass is 491 g/mol. The number of ether oxygens (including phenoxy) is 3. The van der Waals surface area contributed by atoms with E-state index in [-0.39, 0.29) is 23.2 Å². The number of hydrogen-bond donors (Lipinski definition) is 0. The Kier molecular flexibility index (Phi) is 6.75. The van der Waals surface area contributed by atoms with E-state index in [0.29, 0.717) is 54.4 Å². The molecular weight excluding hydrogens is 458 g/mol. The van der Waals surface area contributed by atoms with Crippen molar-refractivity contribution in [2.24, 2.45) is 0 Å². The van der Waals surface area contributed by atoms with Crippen molar-refractivity contribution in [3.63, 3.8) is 0 Å². The molecule has 1 amide bonds. The van der Waals surface area contributed by atoms with E-state index in [2.05, 4.69) is 0 Å². The number of rotatable bonds is 8. The van der Waals surface area contributed by atoms with Crippen LogP contribution in [0.2, 0.25) is 0 Å². The second-order valence-corrected chi connectivity index (χ2v) is 9.59. The summed E-state index contributed by atoms with van der Waals surface area (Å²) in [6, 6.07) is 8.75. The third-order valence-electron chi connectivity index (χ3n) is 7.05. The van der Waals surface area contributed by atoms with Crippen LogP contribution < -0.4 is 14.9 Å². The maximum Gasteiger partial charge on any atom is 0.291 e. The number of amides is 1. The van der Waals surface area contributed by atoms with Crippen LogP contribution in [0, 0.1) is 13.8 Å². The lowest BCUT2D eigenvalue weighted by Gasteiger charge is -2.28. The van der Waals surface area contributed by atoms with Crippen LogP contribution in [-0.4, -0.2) is 43.3 Å². The molecule has 7 heteroatoms. The molecule has 3 aromatic rings. The lowest BCUT2D eigenvalue weighted by molar-refractivity contribution is 0.0486. The van der Waals surface area contributed by atoms with Gasteiger partial charge in [-0.2, -0.15) is 0 Å². The fourth-order valence-electron chi connectivity index (χ4n) is 5.11. The molecule has 0 bridgehead atoms. The van der Waals surface area contributed by atoms with Gasteiger partial charge in [0.1, 0.15) is 5.58 Å². The van der Waals surface area contributed by atoms with Crippen molar-refractivity contribution in [2.45, 2.75) is 59.1 Å². The van der Waals surface area contributed by atoms with Gasteiger partial charge in [-0.3, -0.25) is 9.59 Å². The molecule has 1 fully saturated rings. The van der Waals surface area contributed by atoms with Gasteiger partial charge in [0.2, 0.25) is 5.76 Å². The topological polar surface area (TPSA) is 78.2 Å². The van der Waals surface area contributed by atoms with Crippen LogP contribution >= 0.6 is 0 Å².